The Labute approximate surface area is 118 Å². The minimum atomic E-state index is 0.0524. The summed E-state index contributed by atoms with van der Waals surface area (Å²) in [7, 11) is 1.85. The van der Waals surface area contributed by atoms with Crippen molar-refractivity contribution < 1.29 is 9.53 Å². The second kappa shape index (κ2) is 5.67. The third-order valence-corrected chi connectivity index (χ3v) is 3.92. The summed E-state index contributed by atoms with van der Waals surface area (Å²) in [6.07, 6.45) is 5.36. The molecular formula is C16H20N2O2. The van der Waals surface area contributed by atoms with E-state index in [-0.39, 0.29) is 12.0 Å². The minimum absolute atomic E-state index is 0.0524. The lowest BCUT2D eigenvalue weighted by Crippen LogP contribution is -2.37. The number of hydrogen-bond acceptors (Lipinski definition) is 2. The molecule has 1 fully saturated rings. The molecular weight excluding hydrogens is 252 g/mol. The number of aromatic nitrogens is 1. The molecule has 2 heterocycles. The van der Waals surface area contributed by atoms with Crippen LogP contribution in [0.3, 0.4) is 0 Å². The molecule has 4 nitrogen and oxygen atoms in total. The first kappa shape index (κ1) is 13.2. The van der Waals surface area contributed by atoms with Gasteiger partial charge < -0.3 is 14.6 Å². The SMILES string of the molecule is CN(CC1CCCCO1)C(=O)c1c[nH]c2ccccc12. The predicted octanol–water partition coefficient (Wildman–Crippen LogP) is 2.81. The van der Waals surface area contributed by atoms with Crippen LogP contribution in [0.15, 0.2) is 30.5 Å². The van der Waals surface area contributed by atoms with Crippen molar-refractivity contribution >= 4 is 16.8 Å². The van der Waals surface area contributed by atoms with E-state index in [4.69, 9.17) is 4.74 Å². The van der Waals surface area contributed by atoms with E-state index < -0.39 is 0 Å². The summed E-state index contributed by atoms with van der Waals surface area (Å²) in [4.78, 5) is 17.5. The fourth-order valence-electron chi connectivity index (χ4n) is 2.79. The van der Waals surface area contributed by atoms with Crippen LogP contribution in [0.1, 0.15) is 29.6 Å². The van der Waals surface area contributed by atoms with Crippen LogP contribution in [0.25, 0.3) is 10.9 Å². The van der Waals surface area contributed by atoms with Gasteiger partial charge in [0.1, 0.15) is 0 Å². The zero-order chi connectivity index (χ0) is 13.9. The van der Waals surface area contributed by atoms with Crippen molar-refractivity contribution in [3.05, 3.63) is 36.0 Å². The van der Waals surface area contributed by atoms with Crippen molar-refractivity contribution in [1.29, 1.82) is 0 Å². The molecule has 0 aliphatic carbocycles. The van der Waals surface area contributed by atoms with Crippen LogP contribution < -0.4 is 0 Å². The molecule has 1 atom stereocenters. The highest BCUT2D eigenvalue weighted by Crippen LogP contribution is 2.20. The zero-order valence-corrected chi connectivity index (χ0v) is 11.8. The number of ether oxygens (including phenoxy) is 1. The highest BCUT2D eigenvalue weighted by atomic mass is 16.5. The monoisotopic (exact) mass is 272 g/mol. The molecule has 1 aromatic heterocycles. The maximum atomic E-state index is 12.5. The number of aromatic amines is 1. The molecule has 0 saturated carbocycles. The number of nitrogens with one attached hydrogen (secondary N) is 1. The summed E-state index contributed by atoms with van der Waals surface area (Å²) in [6.45, 7) is 1.48. The molecule has 106 valence electrons. The van der Waals surface area contributed by atoms with Gasteiger partial charge in [-0.25, -0.2) is 0 Å². The quantitative estimate of drug-likeness (QED) is 0.933. The van der Waals surface area contributed by atoms with Crippen molar-refractivity contribution in [3.63, 3.8) is 0 Å². The molecule has 4 heteroatoms. The maximum absolute atomic E-state index is 12.5. The number of H-pyrrole nitrogens is 1. The minimum Gasteiger partial charge on any atom is -0.376 e. The Bertz CT molecular complexity index is 599. The Balaban J connectivity index is 1.74. The number of hydrogen-bond donors (Lipinski definition) is 1. The second-order valence-electron chi connectivity index (χ2n) is 5.42. The Kier molecular flexibility index (Phi) is 3.74. The Morgan fingerprint density at radius 3 is 3.05 bits per heavy atom. The number of benzene rings is 1. The van der Waals surface area contributed by atoms with Gasteiger partial charge in [0.05, 0.1) is 11.7 Å². The number of rotatable bonds is 3. The summed E-state index contributed by atoms with van der Waals surface area (Å²) in [5.41, 5.74) is 1.73. The molecule has 0 radical (unpaired) electrons. The fourth-order valence-corrected chi connectivity index (χ4v) is 2.79. The number of fused-ring (bicyclic) bond motifs is 1. The fraction of sp³-hybridized carbons (Fsp3) is 0.438. The van der Waals surface area contributed by atoms with Crippen LogP contribution in [0.4, 0.5) is 0 Å². The molecule has 1 aliphatic heterocycles. The molecule has 1 aromatic carbocycles. The van der Waals surface area contributed by atoms with Crippen molar-refractivity contribution in [3.8, 4) is 0 Å². The lowest BCUT2D eigenvalue weighted by Gasteiger charge is -2.27. The summed E-state index contributed by atoms with van der Waals surface area (Å²) in [6, 6.07) is 7.88. The molecule has 0 bridgehead atoms. The van der Waals surface area contributed by atoms with Crippen LogP contribution >= 0.6 is 0 Å². The van der Waals surface area contributed by atoms with Gasteiger partial charge in [-0.2, -0.15) is 0 Å². The average molecular weight is 272 g/mol. The van der Waals surface area contributed by atoms with E-state index >= 15 is 0 Å². The number of amides is 1. The van der Waals surface area contributed by atoms with Gasteiger partial charge in [0, 0.05) is 37.3 Å². The van der Waals surface area contributed by atoms with Gasteiger partial charge in [0.25, 0.3) is 5.91 Å². The van der Waals surface area contributed by atoms with Crippen molar-refractivity contribution in [1.82, 2.24) is 9.88 Å². The first-order valence-corrected chi connectivity index (χ1v) is 7.19. The van der Waals surface area contributed by atoms with Gasteiger partial charge in [-0.3, -0.25) is 4.79 Å². The number of para-hydroxylation sites is 1. The smallest absolute Gasteiger partial charge is 0.255 e. The van der Waals surface area contributed by atoms with Gasteiger partial charge in [-0.05, 0) is 25.3 Å². The standard InChI is InChI=1S/C16H20N2O2/c1-18(11-12-6-4-5-9-20-12)16(19)14-10-17-15-8-3-2-7-13(14)15/h2-3,7-8,10,12,17H,4-6,9,11H2,1H3. The molecule has 1 aliphatic rings. The van der Waals surface area contributed by atoms with E-state index in [0.29, 0.717) is 6.54 Å². The summed E-state index contributed by atoms with van der Waals surface area (Å²) >= 11 is 0. The van der Waals surface area contributed by atoms with Gasteiger partial charge in [-0.15, -0.1) is 0 Å². The summed E-state index contributed by atoms with van der Waals surface area (Å²) in [5, 5.41) is 0.980. The van der Waals surface area contributed by atoms with E-state index in [2.05, 4.69) is 4.98 Å². The lowest BCUT2D eigenvalue weighted by molar-refractivity contribution is -0.000152. The van der Waals surface area contributed by atoms with Gasteiger partial charge in [0.15, 0.2) is 0 Å². The number of nitrogens with zero attached hydrogens (tertiary/aromatic N) is 1. The molecule has 1 amide bonds. The predicted molar refractivity (Wildman–Crippen MR) is 78.9 cm³/mol. The van der Waals surface area contributed by atoms with Crippen molar-refractivity contribution in [2.45, 2.75) is 25.4 Å². The normalized spacial score (nSPS) is 19.1. The largest absolute Gasteiger partial charge is 0.376 e. The topological polar surface area (TPSA) is 45.3 Å². The Morgan fingerprint density at radius 1 is 1.40 bits per heavy atom. The van der Waals surface area contributed by atoms with E-state index in [0.717, 1.165) is 35.9 Å². The van der Waals surface area contributed by atoms with Crippen LogP contribution in [0.2, 0.25) is 0 Å². The van der Waals surface area contributed by atoms with E-state index in [9.17, 15) is 4.79 Å². The first-order chi connectivity index (χ1) is 9.75. The maximum Gasteiger partial charge on any atom is 0.255 e. The number of carbonyl (C=O) groups excluding carboxylic acids is 1. The number of carbonyl (C=O) groups is 1. The molecule has 0 spiro atoms. The molecule has 1 saturated heterocycles. The third kappa shape index (κ3) is 2.56. The van der Waals surface area contributed by atoms with Gasteiger partial charge in [-0.1, -0.05) is 18.2 Å². The van der Waals surface area contributed by atoms with E-state index in [1.807, 2.05) is 31.3 Å². The Hall–Kier alpha value is -1.81. The van der Waals surface area contributed by atoms with Crippen LogP contribution in [0.5, 0.6) is 0 Å². The molecule has 3 rings (SSSR count). The van der Waals surface area contributed by atoms with Crippen LogP contribution in [-0.4, -0.2) is 42.1 Å². The van der Waals surface area contributed by atoms with Gasteiger partial charge >= 0.3 is 0 Å². The average Bonchev–Trinajstić information content (AvgIpc) is 2.91. The van der Waals surface area contributed by atoms with Crippen LogP contribution in [0, 0.1) is 0 Å². The molecule has 1 N–H and O–H groups in total. The third-order valence-electron chi connectivity index (χ3n) is 3.92. The van der Waals surface area contributed by atoms with Crippen molar-refractivity contribution in [2.24, 2.45) is 0 Å². The molecule has 20 heavy (non-hydrogen) atoms. The van der Waals surface area contributed by atoms with Gasteiger partial charge in [0.2, 0.25) is 0 Å². The molecule has 2 aromatic rings. The summed E-state index contributed by atoms with van der Waals surface area (Å²) in [5.74, 6) is 0.0524. The van der Waals surface area contributed by atoms with Crippen molar-refractivity contribution in [2.75, 3.05) is 20.2 Å². The Morgan fingerprint density at radius 2 is 2.25 bits per heavy atom. The zero-order valence-electron chi connectivity index (χ0n) is 11.8. The number of likely N-dealkylation sites (N-methyl/N-ethyl adjacent to an activating group) is 1. The highest BCUT2D eigenvalue weighted by molar-refractivity contribution is 6.06. The van der Waals surface area contributed by atoms with E-state index in [1.165, 1.54) is 6.42 Å². The molecule has 1 unspecified atom stereocenters. The lowest BCUT2D eigenvalue weighted by atomic mass is 10.1. The first-order valence-electron chi connectivity index (χ1n) is 7.19. The summed E-state index contributed by atoms with van der Waals surface area (Å²) < 4.78 is 5.70. The van der Waals surface area contributed by atoms with E-state index in [1.54, 1.807) is 11.1 Å². The second-order valence-corrected chi connectivity index (χ2v) is 5.42. The van der Waals surface area contributed by atoms with Crippen LogP contribution in [-0.2, 0) is 4.74 Å². The highest BCUT2D eigenvalue weighted by Gasteiger charge is 2.21.